The first-order chi connectivity index (χ1) is 8.65. The maximum Gasteiger partial charge on any atom is 0.394 e. The number of benzene rings is 1. The fourth-order valence-corrected chi connectivity index (χ4v) is 1.66. The predicted octanol–water partition coefficient (Wildman–Crippen LogP) is 3.11. The summed E-state index contributed by atoms with van der Waals surface area (Å²) < 4.78 is 31.6. The summed E-state index contributed by atoms with van der Waals surface area (Å²) in [7, 11) is -4.67. The number of rotatable bonds is 0. The minimum atomic E-state index is -4.67. The highest BCUT2D eigenvalue weighted by molar-refractivity contribution is 7.79. The first kappa shape index (κ1) is 15.6. The minimum absolute atomic E-state index is 0.721. The van der Waals surface area contributed by atoms with E-state index in [1.165, 1.54) is 0 Å². The molecule has 0 amide bonds. The van der Waals surface area contributed by atoms with Gasteiger partial charge in [-0.3, -0.25) is 14.1 Å². The molecule has 0 saturated carbocycles. The number of allylic oxidation sites excluding steroid dienone is 2. The van der Waals surface area contributed by atoms with Crippen LogP contribution in [0, 0.1) is 0 Å². The molecule has 2 rings (SSSR count). The molecule has 6 nitrogen and oxygen atoms in total. The Labute approximate surface area is 116 Å². The van der Waals surface area contributed by atoms with Crippen LogP contribution in [0.3, 0.4) is 0 Å². The lowest BCUT2D eigenvalue weighted by Gasteiger charge is -2.06. The van der Waals surface area contributed by atoms with Gasteiger partial charge in [0, 0.05) is 16.4 Å². The number of halogens is 1. The molecule has 8 heteroatoms. The summed E-state index contributed by atoms with van der Waals surface area (Å²) in [6.07, 6.45) is 2.01. The van der Waals surface area contributed by atoms with Crippen LogP contribution < -0.4 is 5.32 Å². The number of nitrogens with one attached hydrogen (secondary N) is 1. The van der Waals surface area contributed by atoms with Crippen molar-refractivity contribution < 1.29 is 17.5 Å². The zero-order valence-corrected chi connectivity index (χ0v) is 11.8. The van der Waals surface area contributed by atoms with Crippen LogP contribution in [0.4, 0.5) is 11.4 Å². The topological polar surface area (TPSA) is 99.0 Å². The van der Waals surface area contributed by atoms with Gasteiger partial charge in [0.25, 0.3) is 0 Å². The van der Waals surface area contributed by atoms with E-state index in [1.54, 1.807) is 0 Å². The summed E-state index contributed by atoms with van der Waals surface area (Å²) in [5.41, 5.74) is 3.96. The first-order valence-corrected chi connectivity index (χ1v) is 6.92. The number of fused-ring (bicyclic) bond motifs is 1. The third kappa shape index (κ3) is 6.35. The second-order valence-corrected chi connectivity index (χ2v) is 5.15. The minimum Gasteiger partial charge on any atom is -0.357 e. The molecule has 19 heavy (non-hydrogen) atoms. The molecule has 1 aliphatic rings. The van der Waals surface area contributed by atoms with Gasteiger partial charge in [0.2, 0.25) is 0 Å². The molecule has 0 saturated heterocycles. The highest BCUT2D eigenvalue weighted by Crippen LogP contribution is 2.31. The van der Waals surface area contributed by atoms with E-state index in [9.17, 15) is 0 Å². The molecule has 0 aromatic heterocycles. The summed E-state index contributed by atoms with van der Waals surface area (Å²) in [4.78, 5) is 4.45. The van der Waals surface area contributed by atoms with Crippen molar-refractivity contribution in [2.45, 2.75) is 13.8 Å². The average molecular weight is 305 g/mol. The Bertz CT molecular complexity index is 630. The molecule has 0 unspecified atom stereocenters. The zero-order valence-electron chi connectivity index (χ0n) is 10.3. The number of nitrogens with zero attached hydrogens (tertiary/aromatic N) is 1. The van der Waals surface area contributed by atoms with Crippen molar-refractivity contribution in [3.63, 3.8) is 0 Å². The van der Waals surface area contributed by atoms with E-state index < -0.39 is 10.4 Å². The summed E-state index contributed by atoms with van der Waals surface area (Å²) in [5.74, 6) is 0. The Morgan fingerprint density at radius 3 is 2.42 bits per heavy atom. The molecule has 0 spiro atoms. The predicted molar refractivity (Wildman–Crippen MR) is 75.8 cm³/mol. The van der Waals surface area contributed by atoms with Crippen LogP contribution in [0.15, 0.2) is 35.0 Å². The monoisotopic (exact) mass is 304 g/mol. The van der Waals surface area contributed by atoms with Gasteiger partial charge in [-0.1, -0.05) is 11.6 Å². The van der Waals surface area contributed by atoms with Crippen LogP contribution in [0.25, 0.3) is 0 Å². The van der Waals surface area contributed by atoms with Gasteiger partial charge in [0.05, 0.1) is 11.4 Å². The van der Waals surface area contributed by atoms with Crippen LogP contribution in [0.5, 0.6) is 0 Å². The quantitative estimate of drug-likeness (QED) is 0.640. The van der Waals surface area contributed by atoms with Gasteiger partial charge in [-0.25, -0.2) is 0 Å². The molecule has 0 aliphatic carbocycles. The van der Waals surface area contributed by atoms with E-state index in [1.807, 2.05) is 38.1 Å². The Balaban J connectivity index is 0.000000312. The molecular formula is C11H13ClN2O4S. The number of hydrogen-bond acceptors (Lipinski definition) is 4. The summed E-state index contributed by atoms with van der Waals surface area (Å²) in [6, 6.07) is 5.65. The molecular weight excluding hydrogens is 292 g/mol. The molecule has 1 aromatic rings. The van der Waals surface area contributed by atoms with E-state index in [-0.39, 0.29) is 0 Å². The van der Waals surface area contributed by atoms with Gasteiger partial charge in [-0.15, -0.1) is 0 Å². The van der Waals surface area contributed by atoms with Gasteiger partial charge < -0.3 is 5.32 Å². The Morgan fingerprint density at radius 2 is 1.84 bits per heavy atom. The van der Waals surface area contributed by atoms with Crippen LogP contribution in [0.1, 0.15) is 13.8 Å². The second-order valence-electron chi connectivity index (χ2n) is 3.81. The van der Waals surface area contributed by atoms with E-state index in [0.29, 0.717) is 0 Å². The SMILES string of the molecule is CC1=CC(C)=Nc2ccc(Cl)cc2N1.O=S(=O)(O)O. The number of aliphatic imine (C=N–C) groups is 1. The molecule has 1 heterocycles. The van der Waals surface area contributed by atoms with Crippen LogP contribution in [0.2, 0.25) is 5.02 Å². The lowest BCUT2D eigenvalue weighted by atomic mass is 10.2. The molecule has 0 radical (unpaired) electrons. The number of hydrogen-bond donors (Lipinski definition) is 3. The van der Waals surface area contributed by atoms with Crippen LogP contribution in [-0.4, -0.2) is 23.2 Å². The van der Waals surface area contributed by atoms with E-state index in [2.05, 4.69) is 10.3 Å². The van der Waals surface area contributed by atoms with Crippen molar-refractivity contribution in [1.82, 2.24) is 0 Å². The second kappa shape index (κ2) is 6.16. The fourth-order valence-electron chi connectivity index (χ4n) is 1.49. The van der Waals surface area contributed by atoms with Crippen LogP contribution in [-0.2, 0) is 10.4 Å². The lowest BCUT2D eigenvalue weighted by molar-refractivity contribution is 0.381. The normalized spacial score (nSPS) is 13.9. The fraction of sp³-hybridized carbons (Fsp3) is 0.182. The molecule has 0 atom stereocenters. The highest BCUT2D eigenvalue weighted by Gasteiger charge is 2.06. The van der Waals surface area contributed by atoms with Crippen molar-refractivity contribution in [3.05, 3.63) is 35.0 Å². The number of anilines is 1. The van der Waals surface area contributed by atoms with Crippen molar-refractivity contribution in [3.8, 4) is 0 Å². The van der Waals surface area contributed by atoms with Crippen molar-refractivity contribution in [2.24, 2.45) is 4.99 Å². The molecule has 0 fully saturated rings. The summed E-state index contributed by atoms with van der Waals surface area (Å²) in [6.45, 7) is 3.99. The molecule has 1 aromatic carbocycles. The lowest BCUT2D eigenvalue weighted by Crippen LogP contribution is -1.94. The van der Waals surface area contributed by atoms with Gasteiger partial charge in [-0.2, -0.15) is 8.42 Å². The maximum atomic E-state index is 8.74. The van der Waals surface area contributed by atoms with Gasteiger partial charge in [0.15, 0.2) is 0 Å². The Kier molecular flexibility index (Phi) is 5.07. The van der Waals surface area contributed by atoms with Gasteiger partial charge in [0.1, 0.15) is 0 Å². The summed E-state index contributed by atoms with van der Waals surface area (Å²) >= 11 is 5.91. The van der Waals surface area contributed by atoms with Crippen molar-refractivity contribution >= 4 is 39.1 Å². The molecule has 0 bridgehead atoms. The Hall–Kier alpha value is -1.41. The van der Waals surface area contributed by atoms with Crippen molar-refractivity contribution in [1.29, 1.82) is 0 Å². The molecule has 3 N–H and O–H groups in total. The standard InChI is InChI=1S/C11H11ClN2.H2O4S/c1-7-5-8(2)14-11-6-9(12)3-4-10(11)13-7;1-5(2,3)4/h3-6,14H,1-2H3;(H2,1,2,3,4). The highest BCUT2D eigenvalue weighted by atomic mass is 35.5. The Morgan fingerprint density at radius 1 is 1.26 bits per heavy atom. The van der Waals surface area contributed by atoms with Gasteiger partial charge >= 0.3 is 10.4 Å². The maximum absolute atomic E-state index is 8.74. The first-order valence-electron chi connectivity index (χ1n) is 5.15. The van der Waals surface area contributed by atoms with E-state index in [4.69, 9.17) is 29.1 Å². The van der Waals surface area contributed by atoms with Crippen molar-refractivity contribution in [2.75, 3.05) is 5.32 Å². The van der Waals surface area contributed by atoms with E-state index >= 15 is 0 Å². The average Bonchev–Trinajstić information content (AvgIpc) is 2.31. The van der Waals surface area contributed by atoms with Crippen LogP contribution >= 0.6 is 11.6 Å². The van der Waals surface area contributed by atoms with E-state index in [0.717, 1.165) is 27.8 Å². The largest absolute Gasteiger partial charge is 0.394 e. The zero-order chi connectivity index (χ0) is 14.6. The molecule has 104 valence electrons. The molecule has 1 aliphatic heterocycles. The third-order valence-electron chi connectivity index (χ3n) is 2.01. The van der Waals surface area contributed by atoms with Gasteiger partial charge in [-0.05, 0) is 38.1 Å². The third-order valence-corrected chi connectivity index (χ3v) is 2.25. The summed E-state index contributed by atoms with van der Waals surface area (Å²) in [5, 5.41) is 3.98. The smallest absolute Gasteiger partial charge is 0.357 e.